The van der Waals surface area contributed by atoms with Gasteiger partial charge in [-0.3, -0.25) is 14.1 Å². The molecule has 4 rings (SSSR count). The summed E-state index contributed by atoms with van der Waals surface area (Å²) in [6.07, 6.45) is -2.42. The van der Waals surface area contributed by atoms with Crippen LogP contribution in [0.2, 0.25) is 0 Å². The van der Waals surface area contributed by atoms with Gasteiger partial charge in [0.1, 0.15) is 23.7 Å². The van der Waals surface area contributed by atoms with Crippen LogP contribution in [-0.4, -0.2) is 35.7 Å². The van der Waals surface area contributed by atoms with E-state index in [0.717, 1.165) is 53.0 Å². The maximum Gasteiger partial charge on any atom is 0.433 e. The zero-order chi connectivity index (χ0) is 28.2. The zero-order valence-corrected chi connectivity index (χ0v) is 20.8. The van der Waals surface area contributed by atoms with E-state index in [4.69, 9.17) is 0 Å². The third-order valence-corrected chi connectivity index (χ3v) is 7.36. The summed E-state index contributed by atoms with van der Waals surface area (Å²) in [5.41, 5.74) is -0.0186. The summed E-state index contributed by atoms with van der Waals surface area (Å²) in [5, 5.41) is 0. The minimum absolute atomic E-state index is 0.0354. The fourth-order valence-corrected chi connectivity index (χ4v) is 5.02. The predicted molar refractivity (Wildman–Crippen MR) is 131 cm³/mol. The Labute approximate surface area is 220 Å². The lowest BCUT2D eigenvalue weighted by Gasteiger charge is -2.24. The highest BCUT2D eigenvalue weighted by atomic mass is 32.2. The maximum absolute atomic E-state index is 13.5. The van der Waals surface area contributed by atoms with Crippen LogP contribution in [0.15, 0.2) is 84.1 Å². The SMILES string of the molecule is O=C(CCc1cc(-c2ccc(C(F)(F)F)nc2)ncn1)CN(c1ccc(F)cc1)S(=O)(=O)c1ccc(F)cc1. The van der Waals surface area contributed by atoms with E-state index in [1.54, 1.807) is 0 Å². The highest BCUT2D eigenvalue weighted by Crippen LogP contribution is 2.29. The first-order chi connectivity index (χ1) is 18.4. The molecule has 0 unspecified atom stereocenters. The van der Waals surface area contributed by atoms with E-state index < -0.39 is 45.9 Å². The second kappa shape index (κ2) is 11.2. The summed E-state index contributed by atoms with van der Waals surface area (Å²) in [7, 11) is -4.31. The van der Waals surface area contributed by atoms with E-state index in [-0.39, 0.29) is 23.4 Å². The molecule has 0 saturated heterocycles. The fraction of sp³-hybridized carbons (Fsp3) is 0.154. The Morgan fingerprint density at radius 1 is 0.846 bits per heavy atom. The Hall–Kier alpha value is -4.26. The van der Waals surface area contributed by atoms with Crippen LogP contribution in [0, 0.1) is 11.6 Å². The van der Waals surface area contributed by atoms with Crippen LogP contribution < -0.4 is 4.31 Å². The van der Waals surface area contributed by atoms with Gasteiger partial charge in [0.15, 0.2) is 5.78 Å². The third-order valence-electron chi connectivity index (χ3n) is 5.57. The van der Waals surface area contributed by atoms with Gasteiger partial charge in [-0.25, -0.2) is 27.2 Å². The Kier molecular flexibility index (Phi) is 8.00. The smallest absolute Gasteiger partial charge is 0.298 e. The van der Waals surface area contributed by atoms with Crippen molar-refractivity contribution in [2.24, 2.45) is 0 Å². The number of hydrogen-bond donors (Lipinski definition) is 0. The minimum atomic E-state index is -4.58. The average molecular weight is 563 g/mol. The number of carbonyl (C=O) groups excluding carboxylic acids is 1. The van der Waals surface area contributed by atoms with Crippen molar-refractivity contribution < 1.29 is 35.2 Å². The second-order valence-corrected chi connectivity index (χ2v) is 10.2. The molecule has 0 radical (unpaired) electrons. The molecule has 4 aromatic rings. The molecule has 2 heterocycles. The Morgan fingerprint density at radius 3 is 2.08 bits per heavy atom. The van der Waals surface area contributed by atoms with Gasteiger partial charge in [-0.2, -0.15) is 13.2 Å². The molecule has 13 heteroatoms. The first-order valence-corrected chi connectivity index (χ1v) is 12.8. The van der Waals surface area contributed by atoms with E-state index in [1.807, 2.05) is 0 Å². The molecule has 0 fully saturated rings. The molecule has 0 aliphatic carbocycles. The van der Waals surface area contributed by atoms with Crippen molar-refractivity contribution in [3.63, 3.8) is 0 Å². The van der Waals surface area contributed by atoms with Gasteiger partial charge in [-0.1, -0.05) is 0 Å². The Balaban J connectivity index is 1.50. The lowest BCUT2D eigenvalue weighted by atomic mass is 10.1. The molecule has 0 spiro atoms. The molecule has 0 atom stereocenters. The quantitative estimate of drug-likeness (QED) is 0.259. The van der Waals surface area contributed by atoms with Crippen LogP contribution in [-0.2, 0) is 27.4 Å². The van der Waals surface area contributed by atoms with Crippen molar-refractivity contribution in [1.82, 2.24) is 15.0 Å². The second-order valence-electron chi connectivity index (χ2n) is 8.31. The number of Topliss-reactive ketones (excluding diaryl/α,β-unsaturated/α-hetero) is 1. The summed E-state index contributed by atoms with van der Waals surface area (Å²) in [5.74, 6) is -1.75. The van der Waals surface area contributed by atoms with Crippen LogP contribution in [0.5, 0.6) is 0 Å². The average Bonchev–Trinajstić information content (AvgIpc) is 2.91. The standard InChI is InChI=1S/C26H19F5N4O3S/c27-18-2-7-21(8-3-18)35(39(37,38)23-10-4-19(28)5-11-23)15-22(36)9-6-20-13-24(34-16-33-20)17-1-12-25(32-14-17)26(29,30)31/h1-5,7-8,10-14,16H,6,9,15H2. The first kappa shape index (κ1) is 27.8. The van der Waals surface area contributed by atoms with Crippen molar-refractivity contribution in [3.8, 4) is 11.3 Å². The molecule has 2 aromatic heterocycles. The molecule has 0 amide bonds. The summed E-state index contributed by atoms with van der Waals surface area (Å²) in [6.45, 7) is -0.591. The molecule has 7 nitrogen and oxygen atoms in total. The van der Waals surface area contributed by atoms with Crippen LogP contribution in [0.25, 0.3) is 11.3 Å². The maximum atomic E-state index is 13.5. The number of carbonyl (C=O) groups is 1. The largest absolute Gasteiger partial charge is 0.433 e. The number of anilines is 1. The molecular weight excluding hydrogens is 543 g/mol. The van der Waals surface area contributed by atoms with Crippen molar-refractivity contribution in [2.45, 2.75) is 23.9 Å². The van der Waals surface area contributed by atoms with E-state index in [2.05, 4.69) is 15.0 Å². The molecule has 0 aliphatic rings. The summed E-state index contributed by atoms with van der Waals surface area (Å²) in [6, 6.07) is 12.1. The van der Waals surface area contributed by atoms with Crippen molar-refractivity contribution >= 4 is 21.5 Å². The highest BCUT2D eigenvalue weighted by molar-refractivity contribution is 7.92. The van der Waals surface area contributed by atoms with Gasteiger partial charge < -0.3 is 0 Å². The lowest BCUT2D eigenvalue weighted by Crippen LogP contribution is -2.36. The van der Waals surface area contributed by atoms with E-state index >= 15 is 0 Å². The molecule has 39 heavy (non-hydrogen) atoms. The molecule has 0 bridgehead atoms. The van der Waals surface area contributed by atoms with Crippen LogP contribution in [0.1, 0.15) is 17.8 Å². The van der Waals surface area contributed by atoms with Gasteiger partial charge in [0.25, 0.3) is 10.0 Å². The van der Waals surface area contributed by atoms with Gasteiger partial charge in [0.2, 0.25) is 0 Å². The van der Waals surface area contributed by atoms with Crippen LogP contribution in [0.4, 0.5) is 27.6 Å². The monoisotopic (exact) mass is 562 g/mol. The summed E-state index contributed by atoms with van der Waals surface area (Å²) >= 11 is 0. The van der Waals surface area contributed by atoms with Crippen LogP contribution >= 0.6 is 0 Å². The molecule has 2 aromatic carbocycles. The molecule has 0 saturated carbocycles. The molecule has 202 valence electrons. The number of benzene rings is 2. The highest BCUT2D eigenvalue weighted by Gasteiger charge is 2.32. The Bertz CT molecular complexity index is 1560. The normalized spacial score (nSPS) is 11.8. The number of aryl methyl sites for hydroxylation is 1. The van der Waals surface area contributed by atoms with Gasteiger partial charge >= 0.3 is 6.18 Å². The zero-order valence-electron chi connectivity index (χ0n) is 19.9. The summed E-state index contributed by atoms with van der Waals surface area (Å²) < 4.78 is 92.5. The number of alkyl halides is 3. The van der Waals surface area contributed by atoms with Crippen molar-refractivity contribution in [2.75, 3.05) is 10.8 Å². The number of aromatic nitrogens is 3. The number of halogens is 5. The van der Waals surface area contributed by atoms with Crippen LogP contribution in [0.3, 0.4) is 0 Å². The van der Waals surface area contributed by atoms with Gasteiger partial charge in [0, 0.05) is 23.9 Å². The molecule has 0 aliphatic heterocycles. The number of pyridine rings is 1. The van der Waals surface area contributed by atoms with Crippen molar-refractivity contribution in [3.05, 3.63) is 102 Å². The number of ketones is 1. The Morgan fingerprint density at radius 2 is 1.49 bits per heavy atom. The lowest BCUT2D eigenvalue weighted by molar-refractivity contribution is -0.141. The van der Waals surface area contributed by atoms with E-state index in [0.29, 0.717) is 17.0 Å². The molecular formula is C26H19F5N4O3S. The number of hydrogen-bond acceptors (Lipinski definition) is 6. The molecule has 0 N–H and O–H groups in total. The van der Waals surface area contributed by atoms with Gasteiger partial charge in [0.05, 0.1) is 22.8 Å². The third kappa shape index (κ3) is 6.79. The number of nitrogens with zero attached hydrogens (tertiary/aromatic N) is 4. The van der Waals surface area contributed by atoms with Crippen molar-refractivity contribution in [1.29, 1.82) is 0 Å². The minimum Gasteiger partial charge on any atom is -0.298 e. The predicted octanol–water partition coefficient (Wildman–Crippen LogP) is 5.23. The summed E-state index contributed by atoms with van der Waals surface area (Å²) in [4.78, 5) is 24.1. The van der Waals surface area contributed by atoms with E-state index in [9.17, 15) is 35.2 Å². The van der Waals surface area contributed by atoms with E-state index in [1.165, 1.54) is 30.6 Å². The topological polar surface area (TPSA) is 93.1 Å². The number of sulfonamides is 1. The number of rotatable bonds is 9. The fourth-order valence-electron chi connectivity index (χ4n) is 3.57. The van der Waals surface area contributed by atoms with Gasteiger partial charge in [-0.05, 0) is 73.2 Å². The first-order valence-electron chi connectivity index (χ1n) is 11.3. The van der Waals surface area contributed by atoms with Gasteiger partial charge in [-0.15, -0.1) is 0 Å².